The minimum Gasteiger partial charge on any atom is -0.449 e. The summed E-state index contributed by atoms with van der Waals surface area (Å²) in [7, 11) is 0. The molecular weight excluding hydrogens is 444 g/mol. The van der Waals surface area contributed by atoms with Crippen molar-refractivity contribution in [3.05, 3.63) is 52.9 Å². The van der Waals surface area contributed by atoms with E-state index >= 15 is 0 Å². The number of halogens is 1. The number of nitrogens with one attached hydrogen (secondary N) is 1. The Bertz CT molecular complexity index is 1100. The van der Waals surface area contributed by atoms with Crippen LogP contribution in [0, 0.1) is 17.2 Å². The molecule has 30 heavy (non-hydrogen) atoms. The van der Waals surface area contributed by atoms with E-state index in [4.69, 9.17) is 4.74 Å². The third-order valence-corrected chi connectivity index (χ3v) is 5.96. The zero-order chi connectivity index (χ0) is 21.1. The first-order valence-electron chi connectivity index (χ1n) is 10.2. The molecule has 0 saturated carbocycles. The third-order valence-electron chi connectivity index (χ3n) is 5.47. The van der Waals surface area contributed by atoms with Gasteiger partial charge in [-0.1, -0.05) is 47.5 Å². The number of aromatic amines is 1. The number of carbonyl (C=O) groups excluding carboxylic acids is 1. The number of rotatable bonds is 5. The highest BCUT2D eigenvalue weighted by molar-refractivity contribution is 9.10. The summed E-state index contributed by atoms with van der Waals surface area (Å²) in [5, 5.41) is 11.7. The summed E-state index contributed by atoms with van der Waals surface area (Å²) < 4.78 is 6.44. The molecule has 2 unspecified atom stereocenters. The maximum Gasteiger partial charge on any atom is 0.410 e. The molecule has 1 aliphatic rings. The van der Waals surface area contributed by atoms with E-state index in [1.165, 1.54) is 0 Å². The van der Waals surface area contributed by atoms with Crippen molar-refractivity contribution in [3.8, 4) is 17.3 Å². The molecule has 1 amide bonds. The van der Waals surface area contributed by atoms with Crippen LogP contribution in [0.3, 0.4) is 0 Å². The summed E-state index contributed by atoms with van der Waals surface area (Å²) in [6, 6.07) is 14.4. The van der Waals surface area contributed by atoms with Crippen LogP contribution in [-0.2, 0) is 4.74 Å². The first-order chi connectivity index (χ1) is 14.6. The number of nitrogens with zero attached hydrogens (tertiary/aromatic N) is 3. The smallest absolute Gasteiger partial charge is 0.410 e. The Hall–Kier alpha value is -2.85. The van der Waals surface area contributed by atoms with E-state index in [1.807, 2.05) is 13.0 Å². The highest BCUT2D eigenvalue weighted by atomic mass is 79.9. The number of benzene rings is 2. The van der Waals surface area contributed by atoms with Crippen molar-refractivity contribution in [3.63, 3.8) is 0 Å². The van der Waals surface area contributed by atoms with Crippen LogP contribution in [0.4, 0.5) is 4.79 Å². The van der Waals surface area contributed by atoms with Crippen LogP contribution in [-0.4, -0.2) is 34.1 Å². The molecular formula is C23H23BrN4O2. The fourth-order valence-electron chi connectivity index (χ4n) is 3.81. The van der Waals surface area contributed by atoms with Crippen molar-refractivity contribution in [1.29, 1.82) is 5.26 Å². The van der Waals surface area contributed by atoms with Gasteiger partial charge in [0.25, 0.3) is 0 Å². The van der Waals surface area contributed by atoms with Crippen LogP contribution in [0.1, 0.15) is 38.1 Å². The second-order valence-electron chi connectivity index (χ2n) is 7.59. The normalized spacial score (nSPS) is 18.5. The van der Waals surface area contributed by atoms with Crippen molar-refractivity contribution in [2.24, 2.45) is 5.92 Å². The fraction of sp³-hybridized carbons (Fsp3) is 0.348. The summed E-state index contributed by atoms with van der Waals surface area (Å²) in [6.45, 7) is 2.81. The first kappa shape index (κ1) is 20.4. The van der Waals surface area contributed by atoms with Crippen LogP contribution < -0.4 is 0 Å². The van der Waals surface area contributed by atoms with Crippen LogP contribution in [0.5, 0.6) is 0 Å². The predicted molar refractivity (Wildman–Crippen MR) is 119 cm³/mol. The van der Waals surface area contributed by atoms with E-state index in [-0.39, 0.29) is 18.1 Å². The van der Waals surface area contributed by atoms with Crippen LogP contribution >= 0.6 is 15.9 Å². The number of amides is 1. The van der Waals surface area contributed by atoms with Gasteiger partial charge in [-0.25, -0.2) is 9.78 Å². The third kappa shape index (κ3) is 4.19. The van der Waals surface area contributed by atoms with Crippen LogP contribution in [0.25, 0.3) is 22.0 Å². The maximum absolute atomic E-state index is 12.6. The maximum atomic E-state index is 12.6. The Balaban J connectivity index is 1.57. The van der Waals surface area contributed by atoms with E-state index in [0.717, 1.165) is 39.3 Å². The lowest BCUT2D eigenvalue weighted by Crippen LogP contribution is -2.32. The number of H-pyrrole nitrogens is 1. The second kappa shape index (κ2) is 8.88. The molecule has 0 aliphatic carbocycles. The lowest BCUT2D eigenvalue weighted by atomic mass is 10.1. The predicted octanol–water partition coefficient (Wildman–Crippen LogP) is 5.82. The number of carbonyl (C=O) groups is 1. The highest BCUT2D eigenvalue weighted by Gasteiger charge is 2.38. The quantitative estimate of drug-likeness (QED) is 0.480. The number of hydrogen-bond donors (Lipinski definition) is 1. The van der Waals surface area contributed by atoms with E-state index in [0.29, 0.717) is 25.4 Å². The number of fused-ring (bicyclic) bond motifs is 1. The number of nitriles is 1. The summed E-state index contributed by atoms with van der Waals surface area (Å²) in [4.78, 5) is 22.1. The lowest BCUT2D eigenvalue weighted by molar-refractivity contribution is 0.0953. The van der Waals surface area contributed by atoms with E-state index in [2.05, 4.69) is 62.3 Å². The number of imidazole rings is 1. The zero-order valence-corrected chi connectivity index (χ0v) is 18.4. The molecule has 2 aromatic carbocycles. The molecule has 4 rings (SSSR count). The van der Waals surface area contributed by atoms with Crippen LogP contribution in [0.2, 0.25) is 0 Å². The van der Waals surface area contributed by atoms with E-state index < -0.39 is 0 Å². The van der Waals surface area contributed by atoms with Gasteiger partial charge in [0.15, 0.2) is 0 Å². The molecule has 7 heteroatoms. The summed E-state index contributed by atoms with van der Waals surface area (Å²) in [5.74, 6) is 0.465. The molecule has 0 spiro atoms. The minimum atomic E-state index is -0.375. The van der Waals surface area contributed by atoms with Crippen molar-refractivity contribution in [2.75, 3.05) is 13.2 Å². The van der Waals surface area contributed by atoms with Crippen molar-refractivity contribution in [1.82, 2.24) is 14.9 Å². The minimum absolute atomic E-state index is 0.221. The van der Waals surface area contributed by atoms with E-state index in [9.17, 15) is 10.1 Å². The van der Waals surface area contributed by atoms with Gasteiger partial charge in [-0.2, -0.15) is 5.26 Å². The van der Waals surface area contributed by atoms with Gasteiger partial charge in [-0.05, 0) is 41.8 Å². The SMILES string of the molecule is CCCCOC(=O)N1CC(C#N)CC1c1ncc(-c2ccc3cc(Br)ccc3c2)[nH]1. The molecule has 0 bridgehead atoms. The first-order valence-corrected chi connectivity index (χ1v) is 11.0. The molecule has 2 atom stereocenters. The number of unbranched alkanes of at least 4 members (excludes halogenated alkanes) is 1. The summed E-state index contributed by atoms with van der Waals surface area (Å²) >= 11 is 3.50. The van der Waals surface area contributed by atoms with Gasteiger partial charge in [0, 0.05) is 16.6 Å². The highest BCUT2D eigenvalue weighted by Crippen LogP contribution is 2.35. The van der Waals surface area contributed by atoms with E-state index in [1.54, 1.807) is 11.1 Å². The Morgan fingerprint density at radius 3 is 2.93 bits per heavy atom. The molecule has 1 fully saturated rings. The zero-order valence-electron chi connectivity index (χ0n) is 16.8. The van der Waals surface area contributed by atoms with Gasteiger partial charge in [0.1, 0.15) is 5.82 Å². The average Bonchev–Trinajstić information content (AvgIpc) is 3.40. The Morgan fingerprint density at radius 2 is 2.13 bits per heavy atom. The van der Waals surface area contributed by atoms with Crippen molar-refractivity contribution >= 4 is 32.8 Å². The molecule has 154 valence electrons. The Labute approximate surface area is 184 Å². The molecule has 6 nitrogen and oxygen atoms in total. The number of likely N-dealkylation sites (tertiary alicyclic amines) is 1. The molecule has 1 N–H and O–H groups in total. The Kier molecular flexibility index (Phi) is 6.05. The molecule has 1 aliphatic heterocycles. The molecule has 1 saturated heterocycles. The number of ether oxygens (including phenoxy) is 1. The molecule has 2 heterocycles. The lowest BCUT2D eigenvalue weighted by Gasteiger charge is -2.22. The van der Waals surface area contributed by atoms with Gasteiger partial charge in [-0.15, -0.1) is 0 Å². The monoisotopic (exact) mass is 466 g/mol. The van der Waals surface area contributed by atoms with Crippen molar-refractivity contribution < 1.29 is 9.53 Å². The van der Waals surface area contributed by atoms with Gasteiger partial charge >= 0.3 is 6.09 Å². The standard InChI is InChI=1S/C23H23BrN4O2/c1-2-3-8-30-23(29)28-14-15(12-25)9-21(28)22-26-13-20(27-22)18-5-4-17-11-19(24)7-6-16(17)10-18/h4-7,10-11,13,15,21H,2-3,8-9,14H2,1H3,(H,26,27). The topological polar surface area (TPSA) is 82.0 Å². The Morgan fingerprint density at radius 1 is 1.33 bits per heavy atom. The van der Waals surface area contributed by atoms with Crippen molar-refractivity contribution in [2.45, 2.75) is 32.2 Å². The summed E-state index contributed by atoms with van der Waals surface area (Å²) in [6.07, 6.45) is 3.76. The molecule has 0 radical (unpaired) electrons. The van der Waals surface area contributed by atoms with Crippen LogP contribution in [0.15, 0.2) is 47.1 Å². The van der Waals surface area contributed by atoms with Gasteiger partial charge < -0.3 is 9.72 Å². The van der Waals surface area contributed by atoms with Gasteiger partial charge in [-0.3, -0.25) is 4.90 Å². The molecule has 3 aromatic rings. The second-order valence-corrected chi connectivity index (χ2v) is 8.50. The van der Waals surface area contributed by atoms with Gasteiger partial charge in [0.05, 0.1) is 36.5 Å². The van der Waals surface area contributed by atoms with Gasteiger partial charge in [0.2, 0.25) is 0 Å². The summed E-state index contributed by atoms with van der Waals surface area (Å²) in [5.41, 5.74) is 1.91. The largest absolute Gasteiger partial charge is 0.449 e. The number of hydrogen-bond acceptors (Lipinski definition) is 4. The average molecular weight is 467 g/mol. The number of aromatic nitrogens is 2. The molecule has 1 aromatic heterocycles. The fourth-order valence-corrected chi connectivity index (χ4v) is 4.19.